The van der Waals surface area contributed by atoms with Gasteiger partial charge >= 0.3 is 0 Å². The molecule has 0 atom stereocenters. The third-order valence-electron chi connectivity index (χ3n) is 4.99. The number of carbonyl (C=O) groups is 2. The number of hydrogen-bond donors (Lipinski definition) is 2. The molecule has 1 aliphatic rings. The van der Waals surface area contributed by atoms with Crippen molar-refractivity contribution in [3.05, 3.63) is 69.9 Å². The van der Waals surface area contributed by atoms with E-state index in [9.17, 15) is 14.0 Å². The van der Waals surface area contributed by atoms with Crippen molar-refractivity contribution in [1.82, 2.24) is 10.6 Å². The Morgan fingerprint density at radius 3 is 2.32 bits per heavy atom. The van der Waals surface area contributed by atoms with E-state index in [0.717, 1.165) is 10.0 Å². The lowest BCUT2D eigenvalue weighted by atomic mass is 9.73. The topological polar surface area (TPSA) is 67.4 Å². The van der Waals surface area contributed by atoms with Crippen LogP contribution in [0.15, 0.2) is 53.0 Å². The van der Waals surface area contributed by atoms with Crippen LogP contribution in [0.4, 0.5) is 4.39 Å². The fourth-order valence-electron chi connectivity index (χ4n) is 3.40. The molecule has 2 amide bonds. The van der Waals surface area contributed by atoms with Gasteiger partial charge in [-0.15, -0.1) is 0 Å². The Labute approximate surface area is 171 Å². The number of carbonyl (C=O) groups excluding carboxylic acids is 2. The van der Waals surface area contributed by atoms with Gasteiger partial charge in [0, 0.05) is 30.8 Å². The van der Waals surface area contributed by atoms with Crippen LogP contribution in [-0.4, -0.2) is 38.1 Å². The molecule has 28 heavy (non-hydrogen) atoms. The molecule has 1 heterocycles. The monoisotopic (exact) mass is 448 g/mol. The summed E-state index contributed by atoms with van der Waals surface area (Å²) >= 11 is 3.42. The molecule has 2 aromatic rings. The predicted molar refractivity (Wildman–Crippen MR) is 108 cm³/mol. The summed E-state index contributed by atoms with van der Waals surface area (Å²) in [5, 5.41) is 5.55. The molecule has 0 aliphatic carbocycles. The van der Waals surface area contributed by atoms with Gasteiger partial charge in [0.15, 0.2) is 0 Å². The van der Waals surface area contributed by atoms with Crippen molar-refractivity contribution in [1.29, 1.82) is 0 Å². The van der Waals surface area contributed by atoms with E-state index in [4.69, 9.17) is 4.74 Å². The zero-order chi connectivity index (χ0) is 20.0. The Kier molecular flexibility index (Phi) is 6.80. The number of nitrogens with one attached hydrogen (secondary N) is 2. The van der Waals surface area contributed by atoms with Crippen LogP contribution < -0.4 is 10.6 Å². The van der Waals surface area contributed by atoms with Gasteiger partial charge in [-0.3, -0.25) is 9.59 Å². The molecule has 2 aromatic carbocycles. The third-order valence-corrected chi connectivity index (χ3v) is 5.52. The molecule has 0 aromatic heterocycles. The van der Waals surface area contributed by atoms with Crippen LogP contribution in [0.1, 0.15) is 28.8 Å². The molecule has 3 rings (SSSR count). The number of ether oxygens (including phenoxy) is 1. The standard InChI is InChI=1S/C21H22BrFN2O3/c22-16-7-5-15(6-8-16)21(9-13-28-14-10-21)20(27)25-12-11-24-19(26)17-3-1-2-4-18(17)23/h1-8H,9-14H2,(H,24,26)(H,25,27). The summed E-state index contributed by atoms with van der Waals surface area (Å²) in [6.07, 6.45) is 1.20. The van der Waals surface area contributed by atoms with Gasteiger partial charge in [0.25, 0.3) is 5.91 Å². The number of rotatable bonds is 6. The molecule has 7 heteroatoms. The Hall–Kier alpha value is -2.25. The van der Waals surface area contributed by atoms with Crippen molar-refractivity contribution in [3.8, 4) is 0 Å². The molecule has 148 valence electrons. The van der Waals surface area contributed by atoms with E-state index in [-0.39, 0.29) is 24.6 Å². The highest BCUT2D eigenvalue weighted by atomic mass is 79.9. The number of halogens is 2. The first-order valence-electron chi connectivity index (χ1n) is 9.18. The normalized spacial score (nSPS) is 15.6. The highest BCUT2D eigenvalue weighted by Gasteiger charge is 2.41. The molecule has 0 saturated carbocycles. The highest BCUT2D eigenvalue weighted by molar-refractivity contribution is 9.10. The van der Waals surface area contributed by atoms with Crippen LogP contribution in [0.2, 0.25) is 0 Å². The van der Waals surface area contributed by atoms with E-state index in [1.54, 1.807) is 6.07 Å². The minimum absolute atomic E-state index is 0.00964. The second-order valence-electron chi connectivity index (χ2n) is 6.69. The Morgan fingerprint density at radius 1 is 1.00 bits per heavy atom. The highest BCUT2D eigenvalue weighted by Crippen LogP contribution is 2.35. The van der Waals surface area contributed by atoms with Crippen LogP contribution in [0.3, 0.4) is 0 Å². The average molecular weight is 449 g/mol. The maximum absolute atomic E-state index is 13.6. The maximum atomic E-state index is 13.6. The van der Waals surface area contributed by atoms with Gasteiger partial charge in [-0.05, 0) is 42.7 Å². The predicted octanol–water partition coefficient (Wildman–Crippen LogP) is 3.18. The second-order valence-corrected chi connectivity index (χ2v) is 7.61. The van der Waals surface area contributed by atoms with E-state index in [2.05, 4.69) is 26.6 Å². The first-order chi connectivity index (χ1) is 13.5. The molecular weight excluding hydrogens is 427 g/mol. The van der Waals surface area contributed by atoms with Gasteiger partial charge in [0.2, 0.25) is 5.91 Å². The number of benzene rings is 2. The van der Waals surface area contributed by atoms with E-state index in [0.29, 0.717) is 26.1 Å². The molecule has 1 fully saturated rings. The zero-order valence-corrected chi connectivity index (χ0v) is 16.9. The maximum Gasteiger partial charge on any atom is 0.254 e. The minimum atomic E-state index is -0.644. The zero-order valence-electron chi connectivity index (χ0n) is 15.3. The van der Waals surface area contributed by atoms with Crippen LogP contribution in [0, 0.1) is 5.82 Å². The average Bonchev–Trinajstić information content (AvgIpc) is 2.72. The van der Waals surface area contributed by atoms with Gasteiger partial charge in [-0.25, -0.2) is 4.39 Å². The summed E-state index contributed by atoms with van der Waals surface area (Å²) in [7, 11) is 0. The molecule has 5 nitrogen and oxygen atoms in total. The lowest BCUT2D eigenvalue weighted by Crippen LogP contribution is -2.49. The molecule has 1 aliphatic heterocycles. The summed E-state index contributed by atoms with van der Waals surface area (Å²) < 4.78 is 20.1. The molecule has 0 spiro atoms. The van der Waals surface area contributed by atoms with Crippen molar-refractivity contribution in [2.45, 2.75) is 18.3 Å². The second kappa shape index (κ2) is 9.30. The summed E-state index contributed by atoms with van der Waals surface area (Å²) in [6, 6.07) is 13.6. The molecule has 2 N–H and O–H groups in total. The lowest BCUT2D eigenvalue weighted by molar-refractivity contribution is -0.130. The van der Waals surface area contributed by atoms with E-state index < -0.39 is 17.1 Å². The first kappa shape index (κ1) is 20.5. The fourth-order valence-corrected chi connectivity index (χ4v) is 3.66. The smallest absolute Gasteiger partial charge is 0.254 e. The van der Waals surface area contributed by atoms with Crippen molar-refractivity contribution >= 4 is 27.7 Å². The van der Waals surface area contributed by atoms with Crippen molar-refractivity contribution in [2.75, 3.05) is 26.3 Å². The minimum Gasteiger partial charge on any atom is -0.381 e. The number of amides is 2. The van der Waals surface area contributed by atoms with Gasteiger partial charge in [0.05, 0.1) is 11.0 Å². The summed E-state index contributed by atoms with van der Waals surface area (Å²) in [4.78, 5) is 25.1. The third kappa shape index (κ3) is 4.59. The molecule has 0 radical (unpaired) electrons. The van der Waals surface area contributed by atoms with Gasteiger partial charge < -0.3 is 15.4 Å². The SMILES string of the molecule is O=C(NCCNC(=O)C1(c2ccc(Br)cc2)CCOCC1)c1ccccc1F. The Balaban J connectivity index is 1.59. The quantitative estimate of drug-likeness (QED) is 0.666. The summed E-state index contributed by atoms with van der Waals surface area (Å²) in [5.74, 6) is -1.15. The van der Waals surface area contributed by atoms with E-state index in [1.807, 2.05) is 24.3 Å². The summed E-state index contributed by atoms with van der Waals surface area (Å²) in [5.41, 5.74) is 0.297. The molecule has 0 bridgehead atoms. The Bertz CT molecular complexity index is 836. The number of hydrogen-bond acceptors (Lipinski definition) is 3. The van der Waals surface area contributed by atoms with E-state index in [1.165, 1.54) is 18.2 Å². The Morgan fingerprint density at radius 2 is 1.64 bits per heavy atom. The van der Waals surface area contributed by atoms with Crippen LogP contribution in [0.25, 0.3) is 0 Å². The van der Waals surface area contributed by atoms with Crippen molar-refractivity contribution in [3.63, 3.8) is 0 Å². The van der Waals surface area contributed by atoms with E-state index >= 15 is 0 Å². The van der Waals surface area contributed by atoms with Crippen molar-refractivity contribution < 1.29 is 18.7 Å². The van der Waals surface area contributed by atoms with Gasteiger partial charge in [0.1, 0.15) is 5.82 Å². The van der Waals surface area contributed by atoms with Crippen molar-refractivity contribution in [2.24, 2.45) is 0 Å². The molecular formula is C21H22BrFN2O3. The van der Waals surface area contributed by atoms with Gasteiger partial charge in [-0.2, -0.15) is 0 Å². The lowest BCUT2D eigenvalue weighted by Gasteiger charge is -2.36. The van der Waals surface area contributed by atoms with Crippen LogP contribution in [-0.2, 0) is 14.9 Å². The fraction of sp³-hybridized carbons (Fsp3) is 0.333. The molecule has 0 unspecified atom stereocenters. The van der Waals surface area contributed by atoms with Crippen LogP contribution in [0.5, 0.6) is 0 Å². The largest absolute Gasteiger partial charge is 0.381 e. The summed E-state index contributed by atoms with van der Waals surface area (Å²) in [6.45, 7) is 1.52. The van der Waals surface area contributed by atoms with Crippen LogP contribution >= 0.6 is 15.9 Å². The molecule has 1 saturated heterocycles. The first-order valence-corrected chi connectivity index (χ1v) is 9.97. The van der Waals surface area contributed by atoms with Gasteiger partial charge in [-0.1, -0.05) is 40.2 Å².